The molecule has 3 aliphatic rings. The lowest BCUT2D eigenvalue weighted by molar-refractivity contribution is -0.183. The van der Waals surface area contributed by atoms with E-state index in [4.69, 9.17) is 9.57 Å². The summed E-state index contributed by atoms with van der Waals surface area (Å²) in [5.41, 5.74) is 2.51. The molecule has 2 unspecified atom stereocenters. The molecule has 2 heterocycles. The van der Waals surface area contributed by atoms with Crippen LogP contribution in [0.4, 0.5) is 0 Å². The van der Waals surface area contributed by atoms with Gasteiger partial charge in [-0.2, -0.15) is 0 Å². The summed E-state index contributed by atoms with van der Waals surface area (Å²) >= 11 is 0. The lowest BCUT2D eigenvalue weighted by Crippen LogP contribution is -2.48. The van der Waals surface area contributed by atoms with Crippen LogP contribution in [-0.2, 0) is 25.6 Å². The van der Waals surface area contributed by atoms with Crippen LogP contribution in [0.5, 0.6) is 0 Å². The highest BCUT2D eigenvalue weighted by molar-refractivity contribution is 6.03. The van der Waals surface area contributed by atoms with Crippen molar-refractivity contribution in [3.8, 4) is 5.69 Å². The van der Waals surface area contributed by atoms with Gasteiger partial charge in [0.25, 0.3) is 0 Å². The molecule has 2 atom stereocenters. The fraction of sp³-hybridized carbons (Fsp3) is 0.519. The number of ether oxygens (including phenoxy) is 1. The average molecular weight is 449 g/mol. The first-order valence-corrected chi connectivity index (χ1v) is 11.7. The van der Waals surface area contributed by atoms with Crippen LogP contribution in [0, 0.1) is 23.2 Å². The number of benzene rings is 1. The minimum Gasteiger partial charge on any atom is -0.446 e. The average Bonchev–Trinajstić information content (AvgIpc) is 3.23. The fourth-order valence-corrected chi connectivity index (χ4v) is 6.07. The molecule has 1 saturated carbocycles. The number of aryl methyl sites for hydroxylation is 1. The van der Waals surface area contributed by atoms with Gasteiger partial charge < -0.3 is 14.1 Å². The van der Waals surface area contributed by atoms with E-state index in [1.54, 1.807) is 0 Å². The molecule has 33 heavy (non-hydrogen) atoms. The minimum atomic E-state index is -1.28. The first-order valence-electron chi connectivity index (χ1n) is 11.7. The predicted molar refractivity (Wildman–Crippen MR) is 125 cm³/mol. The Morgan fingerprint density at radius 1 is 1.06 bits per heavy atom. The molecule has 2 fully saturated rings. The van der Waals surface area contributed by atoms with Gasteiger partial charge in [0.1, 0.15) is 0 Å². The number of nitrogens with zero attached hydrogens (tertiary/aromatic N) is 2. The van der Waals surface area contributed by atoms with Crippen LogP contribution in [-0.4, -0.2) is 27.8 Å². The van der Waals surface area contributed by atoms with E-state index in [-0.39, 0.29) is 11.4 Å². The quantitative estimate of drug-likeness (QED) is 0.371. The number of esters is 1. The van der Waals surface area contributed by atoms with Crippen LogP contribution in [0.25, 0.3) is 5.69 Å². The number of aromatic nitrogens is 1. The zero-order chi connectivity index (χ0) is 23.8. The van der Waals surface area contributed by atoms with Crippen molar-refractivity contribution in [1.29, 1.82) is 0 Å². The third-order valence-corrected chi connectivity index (χ3v) is 8.56. The van der Waals surface area contributed by atoms with E-state index < -0.39 is 22.4 Å². The molecule has 2 bridgehead atoms. The Kier molecular flexibility index (Phi) is 4.53. The summed E-state index contributed by atoms with van der Waals surface area (Å²) in [5, 5.41) is 4.40. The topological polar surface area (TPSA) is 69.9 Å². The molecule has 0 spiro atoms. The number of carbonyl (C=O) groups is 2. The molecule has 0 radical (unpaired) electrons. The molecule has 1 aliphatic heterocycles. The summed E-state index contributed by atoms with van der Waals surface area (Å²) < 4.78 is 7.93. The molecule has 6 heteroatoms. The largest absolute Gasteiger partial charge is 0.446 e. The third kappa shape index (κ3) is 2.89. The summed E-state index contributed by atoms with van der Waals surface area (Å²) in [4.78, 5) is 31.5. The van der Waals surface area contributed by atoms with Crippen LogP contribution in [0.15, 0.2) is 41.6 Å². The summed E-state index contributed by atoms with van der Waals surface area (Å²) in [6.07, 6.45) is 2.66. The molecule has 2 aliphatic carbocycles. The molecule has 0 amide bonds. The summed E-state index contributed by atoms with van der Waals surface area (Å²) in [7, 11) is 0. The SMILES string of the molecule is Cc1cc2c(n1-c1ccccc1)CC(C)(C)C/C2=N\OC(=O)C12CCC(C)(C(=O)O1)C2(C)C. The van der Waals surface area contributed by atoms with Gasteiger partial charge in [0.2, 0.25) is 5.60 Å². The van der Waals surface area contributed by atoms with Crippen molar-refractivity contribution in [1.82, 2.24) is 4.57 Å². The maximum atomic E-state index is 13.3. The molecule has 1 aromatic carbocycles. The first-order chi connectivity index (χ1) is 15.4. The number of carbonyl (C=O) groups excluding carboxylic acids is 2. The Morgan fingerprint density at radius 3 is 2.36 bits per heavy atom. The Balaban J connectivity index is 1.51. The molecule has 5 rings (SSSR count). The Bertz CT molecular complexity index is 1190. The highest BCUT2D eigenvalue weighted by Crippen LogP contribution is 2.65. The van der Waals surface area contributed by atoms with Crippen molar-refractivity contribution < 1.29 is 19.2 Å². The summed E-state index contributed by atoms with van der Waals surface area (Å²) in [6.45, 7) is 12.2. The number of oxime groups is 1. The van der Waals surface area contributed by atoms with Gasteiger partial charge in [-0.25, -0.2) is 4.79 Å². The number of hydrogen-bond donors (Lipinski definition) is 0. The highest BCUT2D eigenvalue weighted by Gasteiger charge is 2.76. The molecular formula is C27H32N2O4. The van der Waals surface area contributed by atoms with E-state index in [1.165, 1.54) is 5.69 Å². The predicted octanol–water partition coefficient (Wildman–Crippen LogP) is 5.13. The monoisotopic (exact) mass is 448 g/mol. The van der Waals surface area contributed by atoms with Crippen molar-refractivity contribution >= 4 is 17.7 Å². The van der Waals surface area contributed by atoms with E-state index in [2.05, 4.69) is 48.7 Å². The second kappa shape index (κ2) is 6.81. The number of para-hydroxylation sites is 1. The molecule has 1 saturated heterocycles. The molecule has 0 N–H and O–H groups in total. The molecule has 2 aromatic rings. The van der Waals surface area contributed by atoms with Gasteiger partial charge in [0.05, 0.1) is 11.1 Å². The van der Waals surface area contributed by atoms with Crippen LogP contribution in [0.1, 0.15) is 70.8 Å². The second-order valence-electron chi connectivity index (χ2n) is 11.4. The van der Waals surface area contributed by atoms with E-state index >= 15 is 0 Å². The number of fused-ring (bicyclic) bond motifs is 3. The fourth-order valence-electron chi connectivity index (χ4n) is 6.07. The summed E-state index contributed by atoms with van der Waals surface area (Å²) in [6, 6.07) is 12.4. The first kappa shape index (κ1) is 21.9. The summed E-state index contributed by atoms with van der Waals surface area (Å²) in [5.74, 6) is -0.890. The van der Waals surface area contributed by atoms with E-state index in [9.17, 15) is 9.59 Å². The maximum absolute atomic E-state index is 13.3. The smallest absolute Gasteiger partial charge is 0.378 e. The van der Waals surface area contributed by atoms with Crippen LogP contribution in [0.3, 0.4) is 0 Å². The highest BCUT2D eigenvalue weighted by atomic mass is 16.7. The normalized spacial score (nSPS) is 30.2. The number of hydrogen-bond acceptors (Lipinski definition) is 5. The second-order valence-corrected chi connectivity index (χ2v) is 11.4. The number of rotatable bonds is 3. The van der Waals surface area contributed by atoms with Crippen molar-refractivity contribution in [2.45, 2.75) is 72.8 Å². The van der Waals surface area contributed by atoms with Crippen molar-refractivity contribution in [2.24, 2.45) is 21.4 Å². The zero-order valence-corrected chi connectivity index (χ0v) is 20.3. The lowest BCUT2D eigenvalue weighted by Gasteiger charge is -2.34. The molecule has 1 aromatic heterocycles. The van der Waals surface area contributed by atoms with Crippen LogP contribution in [0.2, 0.25) is 0 Å². The van der Waals surface area contributed by atoms with Crippen molar-refractivity contribution in [3.63, 3.8) is 0 Å². The van der Waals surface area contributed by atoms with E-state index in [0.29, 0.717) is 19.3 Å². The van der Waals surface area contributed by atoms with Crippen LogP contribution >= 0.6 is 0 Å². The van der Waals surface area contributed by atoms with Crippen molar-refractivity contribution in [2.75, 3.05) is 0 Å². The lowest BCUT2D eigenvalue weighted by atomic mass is 9.66. The van der Waals surface area contributed by atoms with Crippen molar-refractivity contribution in [3.05, 3.63) is 53.3 Å². The Labute approximate surface area is 194 Å². The van der Waals surface area contributed by atoms with Gasteiger partial charge in [-0.3, -0.25) is 4.79 Å². The maximum Gasteiger partial charge on any atom is 0.378 e. The minimum absolute atomic E-state index is 0.0428. The van der Waals surface area contributed by atoms with E-state index in [1.807, 2.05) is 39.0 Å². The van der Waals surface area contributed by atoms with Gasteiger partial charge in [-0.15, -0.1) is 0 Å². The molecular weight excluding hydrogens is 416 g/mol. The Morgan fingerprint density at radius 2 is 1.76 bits per heavy atom. The Hall–Kier alpha value is -2.89. The van der Waals surface area contributed by atoms with Gasteiger partial charge in [0, 0.05) is 28.1 Å². The molecule has 6 nitrogen and oxygen atoms in total. The van der Waals surface area contributed by atoms with E-state index in [0.717, 1.165) is 29.1 Å². The standard InChI is InChI=1S/C27H32N2O4/c1-17-14-19-20(15-24(2,3)16-21(19)29(17)18-10-8-7-9-11-18)28-33-23(31)27-13-12-26(6,22(30)32-27)25(27,4)5/h7-11,14H,12-13,15-16H2,1-6H3/b28-20+. The van der Waals surface area contributed by atoms with Gasteiger partial charge in [-0.05, 0) is 63.1 Å². The molecule has 174 valence electrons. The zero-order valence-electron chi connectivity index (χ0n) is 20.3. The third-order valence-electron chi connectivity index (χ3n) is 8.56. The van der Waals surface area contributed by atoms with Gasteiger partial charge >= 0.3 is 11.9 Å². The van der Waals surface area contributed by atoms with Crippen LogP contribution < -0.4 is 0 Å². The van der Waals surface area contributed by atoms with Gasteiger partial charge in [-0.1, -0.05) is 51.0 Å². The van der Waals surface area contributed by atoms with Gasteiger partial charge in [0.15, 0.2) is 0 Å².